The molecular weight excluding hydrogens is 355 g/mol. The lowest BCUT2D eigenvalue weighted by molar-refractivity contribution is -0.127. The molecule has 1 saturated heterocycles. The van der Waals surface area contributed by atoms with Crippen LogP contribution in [-0.4, -0.2) is 37.8 Å². The zero-order valence-corrected chi connectivity index (χ0v) is 16.0. The summed E-state index contributed by atoms with van der Waals surface area (Å²) in [4.78, 5) is 12.8. The first-order valence-electron chi connectivity index (χ1n) is 9.44. The average Bonchev–Trinajstić information content (AvgIpc) is 2.64. The van der Waals surface area contributed by atoms with Crippen LogP contribution in [-0.2, 0) is 14.8 Å². The van der Waals surface area contributed by atoms with E-state index >= 15 is 0 Å². The molecule has 1 heterocycles. The second-order valence-electron chi connectivity index (χ2n) is 7.53. The van der Waals surface area contributed by atoms with Crippen LogP contribution in [0.15, 0.2) is 29.2 Å². The lowest BCUT2D eigenvalue weighted by Crippen LogP contribution is -2.49. The van der Waals surface area contributed by atoms with Crippen molar-refractivity contribution in [1.82, 2.24) is 9.62 Å². The minimum absolute atomic E-state index is 0.0391. The monoisotopic (exact) mass is 382 g/mol. The summed E-state index contributed by atoms with van der Waals surface area (Å²) in [6, 6.07) is 5.04. The van der Waals surface area contributed by atoms with Crippen LogP contribution in [0, 0.1) is 17.7 Å². The van der Waals surface area contributed by atoms with Crippen molar-refractivity contribution in [3.05, 3.63) is 30.1 Å². The molecule has 1 aliphatic heterocycles. The van der Waals surface area contributed by atoms with E-state index < -0.39 is 15.8 Å². The van der Waals surface area contributed by atoms with Gasteiger partial charge in [-0.2, -0.15) is 4.31 Å². The van der Waals surface area contributed by atoms with E-state index in [0.29, 0.717) is 25.3 Å². The second kappa shape index (κ2) is 8.05. The number of sulfonamides is 1. The predicted molar refractivity (Wildman–Crippen MR) is 97.4 cm³/mol. The molecule has 0 spiro atoms. The van der Waals surface area contributed by atoms with Crippen molar-refractivity contribution in [2.75, 3.05) is 13.1 Å². The molecule has 7 heteroatoms. The number of hydrogen-bond donors (Lipinski definition) is 1. The van der Waals surface area contributed by atoms with Gasteiger partial charge in [0.1, 0.15) is 5.82 Å². The number of nitrogens with zero attached hydrogens (tertiary/aromatic N) is 1. The van der Waals surface area contributed by atoms with Crippen molar-refractivity contribution in [2.45, 2.75) is 56.4 Å². The number of nitrogens with one attached hydrogen (secondary N) is 1. The summed E-state index contributed by atoms with van der Waals surface area (Å²) in [5, 5.41) is 3.15. The van der Waals surface area contributed by atoms with Gasteiger partial charge < -0.3 is 5.32 Å². The summed E-state index contributed by atoms with van der Waals surface area (Å²) < 4.78 is 40.0. The zero-order valence-electron chi connectivity index (χ0n) is 15.2. The number of halogens is 1. The highest BCUT2D eigenvalue weighted by Crippen LogP contribution is 2.27. The van der Waals surface area contributed by atoms with Gasteiger partial charge in [0.2, 0.25) is 15.9 Å². The third-order valence-electron chi connectivity index (χ3n) is 5.65. The van der Waals surface area contributed by atoms with Crippen molar-refractivity contribution >= 4 is 15.9 Å². The maximum atomic E-state index is 13.1. The van der Waals surface area contributed by atoms with Crippen LogP contribution in [0.2, 0.25) is 0 Å². The number of rotatable bonds is 4. The fourth-order valence-electron chi connectivity index (χ4n) is 3.96. The normalized spacial score (nSPS) is 27.8. The minimum atomic E-state index is -3.70. The molecule has 3 atom stereocenters. The van der Waals surface area contributed by atoms with Crippen molar-refractivity contribution in [3.63, 3.8) is 0 Å². The van der Waals surface area contributed by atoms with E-state index in [9.17, 15) is 17.6 Å². The largest absolute Gasteiger partial charge is 0.353 e. The number of carbonyl (C=O) groups is 1. The molecule has 5 nitrogen and oxygen atoms in total. The van der Waals surface area contributed by atoms with E-state index in [4.69, 9.17) is 0 Å². The summed E-state index contributed by atoms with van der Waals surface area (Å²) in [6.45, 7) is 2.74. The van der Waals surface area contributed by atoms with Crippen LogP contribution in [0.4, 0.5) is 4.39 Å². The Hall–Kier alpha value is -1.47. The summed E-state index contributed by atoms with van der Waals surface area (Å²) in [7, 11) is -3.70. The Labute approximate surface area is 155 Å². The quantitative estimate of drug-likeness (QED) is 0.871. The van der Waals surface area contributed by atoms with Crippen molar-refractivity contribution < 1.29 is 17.6 Å². The van der Waals surface area contributed by atoms with Gasteiger partial charge in [-0.3, -0.25) is 4.79 Å². The van der Waals surface area contributed by atoms with Gasteiger partial charge in [0.15, 0.2) is 0 Å². The number of hydrogen-bond acceptors (Lipinski definition) is 3. The fraction of sp³-hybridized carbons (Fsp3) is 0.632. The lowest BCUT2D eigenvalue weighted by Gasteiger charge is -2.34. The van der Waals surface area contributed by atoms with Gasteiger partial charge in [-0.25, -0.2) is 12.8 Å². The topological polar surface area (TPSA) is 66.5 Å². The van der Waals surface area contributed by atoms with Gasteiger partial charge in [-0.15, -0.1) is 0 Å². The average molecular weight is 383 g/mol. The molecule has 1 amide bonds. The van der Waals surface area contributed by atoms with E-state index in [1.54, 1.807) is 0 Å². The molecular formula is C19H27FN2O3S. The first-order chi connectivity index (χ1) is 12.4. The SMILES string of the molecule is C[C@@H]1CCCC[C@@H]1NC(=O)[C@@H]1CCCN(S(=O)(=O)c2ccc(F)cc2)C1. The molecule has 1 saturated carbocycles. The van der Waals surface area contributed by atoms with Gasteiger partial charge in [0.25, 0.3) is 0 Å². The maximum absolute atomic E-state index is 13.1. The van der Waals surface area contributed by atoms with Crippen LogP contribution < -0.4 is 5.32 Å². The molecule has 0 aromatic heterocycles. The Balaban J connectivity index is 1.66. The van der Waals surface area contributed by atoms with Crippen molar-refractivity contribution in [3.8, 4) is 0 Å². The summed E-state index contributed by atoms with van der Waals surface area (Å²) in [5.74, 6) is -0.368. The molecule has 2 fully saturated rings. The number of carbonyl (C=O) groups excluding carboxylic acids is 1. The smallest absolute Gasteiger partial charge is 0.243 e. The number of benzene rings is 1. The van der Waals surface area contributed by atoms with Crippen LogP contribution in [0.1, 0.15) is 45.4 Å². The molecule has 26 heavy (non-hydrogen) atoms. The maximum Gasteiger partial charge on any atom is 0.243 e. The summed E-state index contributed by atoms with van der Waals surface area (Å²) >= 11 is 0. The zero-order chi connectivity index (χ0) is 18.7. The van der Waals surface area contributed by atoms with E-state index in [0.717, 1.165) is 31.4 Å². The Morgan fingerprint density at radius 3 is 2.50 bits per heavy atom. The van der Waals surface area contributed by atoms with Crippen LogP contribution in [0.3, 0.4) is 0 Å². The Morgan fingerprint density at radius 1 is 1.12 bits per heavy atom. The molecule has 2 aliphatic rings. The Bertz CT molecular complexity index is 736. The highest BCUT2D eigenvalue weighted by molar-refractivity contribution is 7.89. The number of piperidine rings is 1. The van der Waals surface area contributed by atoms with Crippen LogP contribution in [0.5, 0.6) is 0 Å². The van der Waals surface area contributed by atoms with Gasteiger partial charge >= 0.3 is 0 Å². The Morgan fingerprint density at radius 2 is 1.81 bits per heavy atom. The van der Waals surface area contributed by atoms with Crippen molar-refractivity contribution in [2.24, 2.45) is 11.8 Å². The molecule has 1 aromatic carbocycles. The molecule has 0 unspecified atom stereocenters. The molecule has 0 bridgehead atoms. The van der Waals surface area contributed by atoms with Gasteiger partial charge in [0, 0.05) is 19.1 Å². The third kappa shape index (κ3) is 4.26. The highest BCUT2D eigenvalue weighted by atomic mass is 32.2. The predicted octanol–water partition coefficient (Wildman–Crippen LogP) is 2.92. The molecule has 1 aromatic rings. The van der Waals surface area contributed by atoms with Gasteiger partial charge in [0.05, 0.1) is 10.8 Å². The summed E-state index contributed by atoms with van der Waals surface area (Å²) in [6.07, 6.45) is 5.81. The summed E-state index contributed by atoms with van der Waals surface area (Å²) in [5.41, 5.74) is 0. The van der Waals surface area contributed by atoms with Gasteiger partial charge in [-0.05, 0) is 55.9 Å². The first-order valence-corrected chi connectivity index (χ1v) is 10.9. The van der Waals surface area contributed by atoms with E-state index in [2.05, 4.69) is 12.2 Å². The van der Waals surface area contributed by atoms with Gasteiger partial charge in [-0.1, -0.05) is 19.8 Å². The minimum Gasteiger partial charge on any atom is -0.353 e. The molecule has 3 rings (SSSR count). The van der Waals surface area contributed by atoms with E-state index in [1.165, 1.54) is 22.9 Å². The highest BCUT2D eigenvalue weighted by Gasteiger charge is 2.34. The lowest BCUT2D eigenvalue weighted by atomic mass is 9.85. The third-order valence-corrected chi connectivity index (χ3v) is 7.52. The van der Waals surface area contributed by atoms with Crippen LogP contribution >= 0.6 is 0 Å². The van der Waals surface area contributed by atoms with E-state index in [-0.39, 0.29) is 29.3 Å². The van der Waals surface area contributed by atoms with Crippen LogP contribution in [0.25, 0.3) is 0 Å². The first kappa shape index (κ1) is 19.3. The molecule has 1 aliphatic carbocycles. The molecule has 0 radical (unpaired) electrons. The fourth-order valence-corrected chi connectivity index (χ4v) is 5.49. The Kier molecular flexibility index (Phi) is 5.97. The second-order valence-corrected chi connectivity index (χ2v) is 9.47. The molecule has 144 valence electrons. The molecule has 1 N–H and O–H groups in total. The number of amides is 1. The standard InChI is InChI=1S/C19H27FN2O3S/c1-14-5-2-3-7-18(14)21-19(23)15-6-4-12-22(13-15)26(24,25)17-10-8-16(20)9-11-17/h8-11,14-15,18H,2-7,12-13H2,1H3,(H,21,23)/t14-,15-,18+/m1/s1. The van der Waals surface area contributed by atoms with Crippen molar-refractivity contribution in [1.29, 1.82) is 0 Å². The van der Waals surface area contributed by atoms with E-state index in [1.807, 2.05) is 0 Å².